The molecular formula is C40H68N16O17. The maximum Gasteiger partial charge on any atom is 0.328 e. The Hall–Kier alpha value is -7.78. The first kappa shape index (κ1) is 63.2. The fourth-order valence-corrected chi connectivity index (χ4v) is 6.90. The van der Waals surface area contributed by atoms with Crippen molar-refractivity contribution in [2.45, 2.75) is 145 Å². The number of hydrogen-bond acceptors (Lipinski definition) is 18. The average Bonchev–Trinajstić information content (AvgIpc) is 3.78. The normalized spacial score (nSPS) is 17.5. The van der Waals surface area contributed by atoms with Gasteiger partial charge in [-0.1, -0.05) is 0 Å². The van der Waals surface area contributed by atoms with Gasteiger partial charge in [-0.15, -0.1) is 0 Å². The zero-order valence-electron chi connectivity index (χ0n) is 40.5. The Morgan fingerprint density at radius 1 is 0.562 bits per heavy atom. The van der Waals surface area contributed by atoms with Crippen LogP contribution in [0.5, 0.6) is 0 Å². The second kappa shape index (κ2) is 30.2. The maximum absolute atomic E-state index is 14.0. The van der Waals surface area contributed by atoms with Gasteiger partial charge in [0, 0.05) is 13.1 Å². The van der Waals surface area contributed by atoms with Crippen LogP contribution < -0.4 is 76.9 Å². The number of aliphatic imine (C=N–C) groups is 1. The van der Waals surface area contributed by atoms with Gasteiger partial charge in [-0.2, -0.15) is 0 Å². The highest BCUT2D eigenvalue weighted by Crippen LogP contribution is 2.20. The first-order valence-electron chi connectivity index (χ1n) is 22.5. The van der Waals surface area contributed by atoms with Crippen molar-refractivity contribution in [3.63, 3.8) is 0 Å². The predicted octanol–water partition coefficient (Wildman–Crippen LogP) is -11.3. The Bertz CT molecular complexity index is 2090. The highest BCUT2D eigenvalue weighted by atomic mass is 16.4. The molecule has 1 saturated heterocycles. The van der Waals surface area contributed by atoms with Crippen LogP contribution in [0.15, 0.2) is 4.99 Å². The quantitative estimate of drug-likeness (QED) is 0.0174. The second-order valence-corrected chi connectivity index (χ2v) is 16.9. The summed E-state index contributed by atoms with van der Waals surface area (Å²) in [6, 6.07) is -15.5. The summed E-state index contributed by atoms with van der Waals surface area (Å²) in [6.07, 6.45) is -7.56. The number of nitrogens with two attached hydrogens (primary N) is 6. The average molecular weight is 1050 g/mol. The van der Waals surface area contributed by atoms with Crippen molar-refractivity contribution < 1.29 is 82.8 Å². The van der Waals surface area contributed by atoms with Crippen LogP contribution in [0, 0.1) is 0 Å². The van der Waals surface area contributed by atoms with Gasteiger partial charge in [0.1, 0.15) is 48.3 Å². The van der Waals surface area contributed by atoms with Crippen molar-refractivity contribution in [1.82, 2.24) is 47.4 Å². The van der Waals surface area contributed by atoms with Crippen LogP contribution in [0.3, 0.4) is 0 Å². The number of aliphatic carboxylic acids is 1. The number of guanidine groups is 1. The van der Waals surface area contributed by atoms with Crippen LogP contribution in [-0.4, -0.2) is 200 Å². The number of carboxylic acid groups (broad SMARTS) is 1. The van der Waals surface area contributed by atoms with Crippen LogP contribution in [-0.2, 0) is 62.3 Å². The van der Waals surface area contributed by atoms with Gasteiger partial charge < -0.3 is 102 Å². The lowest BCUT2D eigenvalue weighted by molar-refractivity contribution is -0.146. The summed E-state index contributed by atoms with van der Waals surface area (Å²) in [6.45, 7) is 3.65. The van der Waals surface area contributed by atoms with Gasteiger partial charge in [0.15, 0.2) is 12.0 Å². The molecule has 33 heteroatoms. The minimum atomic E-state index is -1.97. The molecule has 1 aliphatic rings. The number of carbonyl (C=O) groups excluding carboxylic acids is 12. The van der Waals surface area contributed by atoms with E-state index in [1.54, 1.807) is 0 Å². The molecule has 1 aliphatic heterocycles. The molecule has 0 unspecified atom stereocenters. The van der Waals surface area contributed by atoms with Crippen molar-refractivity contribution >= 4 is 82.8 Å². The largest absolute Gasteiger partial charge is 0.480 e. The fraction of sp³-hybridized carbons (Fsp3) is 0.650. The van der Waals surface area contributed by atoms with Gasteiger partial charge in [0.25, 0.3) is 0 Å². The molecule has 410 valence electrons. The molecule has 0 aromatic carbocycles. The van der Waals surface area contributed by atoms with Gasteiger partial charge in [-0.05, 0) is 53.4 Å². The van der Waals surface area contributed by atoms with Crippen molar-refractivity contribution in [3.8, 4) is 0 Å². The first-order valence-corrected chi connectivity index (χ1v) is 22.5. The minimum Gasteiger partial charge on any atom is -0.480 e. The van der Waals surface area contributed by atoms with Crippen molar-refractivity contribution in [3.05, 3.63) is 0 Å². The molecule has 73 heavy (non-hydrogen) atoms. The number of rotatable bonds is 31. The third kappa shape index (κ3) is 21.6. The molecule has 1 rings (SSSR count). The van der Waals surface area contributed by atoms with Gasteiger partial charge in [0.2, 0.25) is 70.9 Å². The highest BCUT2D eigenvalue weighted by Gasteiger charge is 2.41. The van der Waals surface area contributed by atoms with Crippen LogP contribution in [0.1, 0.15) is 72.6 Å². The molecule has 0 radical (unpaired) electrons. The number of carbonyl (C=O) groups is 13. The SMILES string of the molecule is C[C@H](NC(=O)[C@@H]1CCCN1C(=O)[C@H](CC(N)=O)NC(=O)[C@H](CCCN=C(N)N)NC(=O)[C@@H](NC(=O)CN)[C@@H](C)O)C(=O)N[C@@H](CC(N)=O)C(=O)N[C@@H](CC(N)=O)C(=O)N[C@H](C(=O)N[C@H](C(=O)O)[C@@H](C)O)[C@@H](C)O. The van der Waals surface area contributed by atoms with E-state index in [2.05, 4.69) is 36.9 Å². The lowest BCUT2D eigenvalue weighted by Gasteiger charge is -2.30. The van der Waals surface area contributed by atoms with Crippen LogP contribution in [0.2, 0.25) is 0 Å². The second-order valence-electron chi connectivity index (χ2n) is 16.9. The van der Waals surface area contributed by atoms with E-state index in [0.29, 0.717) is 0 Å². The fourth-order valence-electron chi connectivity index (χ4n) is 6.90. The predicted molar refractivity (Wildman–Crippen MR) is 249 cm³/mol. The number of carboxylic acids is 1. The summed E-state index contributed by atoms with van der Waals surface area (Å²) in [7, 11) is 0. The van der Waals surface area contributed by atoms with E-state index < -0.39 is 175 Å². The first-order chi connectivity index (χ1) is 33.9. The number of nitrogens with zero attached hydrogens (tertiary/aromatic N) is 2. The molecule has 1 heterocycles. The lowest BCUT2D eigenvalue weighted by Crippen LogP contribution is -2.62. The molecule has 12 atom stereocenters. The summed E-state index contributed by atoms with van der Waals surface area (Å²) < 4.78 is 0. The monoisotopic (exact) mass is 1040 g/mol. The minimum absolute atomic E-state index is 0.0177. The Morgan fingerprint density at radius 2 is 0.986 bits per heavy atom. The standard InChI is InChI=1S/C40H68N16O17/c1-15(31(64)50-20(11-24(42)60)33(66)51-21(12-25(43)61)34(67)54-29(17(3)58)37(70)55-30(18(4)59)39(72)73)48-35(68)23-8-6-10-56(23)38(71)22(13-26(44)62)52-32(65)19(7-5-9-47-40(45)46)49-36(69)28(16(2)57)53-27(63)14-41/h15-23,28-30,57-59H,5-14,41H2,1-4H3,(H2,42,60)(H2,43,61)(H2,44,62)(H,48,68)(H,49,69)(H,50,64)(H,51,66)(H,52,65)(H,53,63)(H,54,67)(H,55,70)(H,72,73)(H4,45,46,47)/t15-,16+,17+,18+,19-,20-,21-,22-,23-,28-,29-,30-/m0/s1. The molecule has 0 saturated carbocycles. The Kier molecular flexibility index (Phi) is 26.1. The summed E-state index contributed by atoms with van der Waals surface area (Å²) in [4.78, 5) is 172. The molecule has 33 nitrogen and oxygen atoms in total. The van der Waals surface area contributed by atoms with Crippen molar-refractivity contribution in [1.29, 1.82) is 0 Å². The van der Waals surface area contributed by atoms with E-state index in [1.807, 2.05) is 10.6 Å². The van der Waals surface area contributed by atoms with Crippen molar-refractivity contribution in [2.75, 3.05) is 19.6 Å². The van der Waals surface area contributed by atoms with E-state index in [9.17, 15) is 82.8 Å². The maximum atomic E-state index is 14.0. The molecule has 0 bridgehead atoms. The Labute approximate surface area is 416 Å². The Morgan fingerprint density at radius 3 is 1.47 bits per heavy atom. The smallest absolute Gasteiger partial charge is 0.328 e. The zero-order chi connectivity index (χ0) is 56.0. The number of aliphatic hydroxyl groups is 3. The molecule has 0 aromatic heterocycles. The van der Waals surface area contributed by atoms with Gasteiger partial charge >= 0.3 is 5.97 Å². The number of amides is 12. The molecule has 12 amide bonds. The number of nitrogens with one attached hydrogen (secondary N) is 8. The number of likely N-dealkylation sites (tertiary alicyclic amines) is 1. The summed E-state index contributed by atoms with van der Waals surface area (Å²) in [5.41, 5.74) is 32.0. The van der Waals surface area contributed by atoms with E-state index >= 15 is 0 Å². The summed E-state index contributed by atoms with van der Waals surface area (Å²) >= 11 is 0. The number of primary amides is 3. The van der Waals surface area contributed by atoms with E-state index in [1.165, 1.54) is 6.92 Å². The lowest BCUT2D eigenvalue weighted by atomic mass is 10.1. The third-order valence-electron chi connectivity index (χ3n) is 10.6. The van der Waals surface area contributed by atoms with Gasteiger partial charge in [-0.25, -0.2) is 4.79 Å². The molecular weight excluding hydrogens is 977 g/mol. The van der Waals surface area contributed by atoms with Gasteiger partial charge in [0.05, 0.1) is 44.1 Å². The highest BCUT2D eigenvalue weighted by molar-refractivity contribution is 6.01. The van der Waals surface area contributed by atoms with E-state index in [0.717, 1.165) is 25.7 Å². The number of aliphatic hydroxyl groups excluding tert-OH is 3. The number of hydrogen-bond donors (Lipinski definition) is 18. The van der Waals surface area contributed by atoms with Gasteiger partial charge in [-0.3, -0.25) is 62.5 Å². The third-order valence-corrected chi connectivity index (χ3v) is 10.6. The molecule has 0 aliphatic carbocycles. The van der Waals surface area contributed by atoms with Crippen LogP contribution >= 0.6 is 0 Å². The Balaban J connectivity index is 3.32. The molecule has 1 fully saturated rings. The van der Waals surface area contributed by atoms with E-state index in [4.69, 9.17) is 34.4 Å². The molecule has 0 spiro atoms. The zero-order valence-corrected chi connectivity index (χ0v) is 40.5. The molecule has 0 aromatic rings. The van der Waals surface area contributed by atoms with E-state index in [-0.39, 0.29) is 44.7 Å². The molecule has 24 N–H and O–H groups in total. The van der Waals surface area contributed by atoms with Crippen molar-refractivity contribution in [2.24, 2.45) is 39.4 Å². The summed E-state index contributed by atoms with van der Waals surface area (Å²) in [5, 5.41) is 56.9. The van der Waals surface area contributed by atoms with Crippen LogP contribution in [0.25, 0.3) is 0 Å². The topological polar surface area (TPSA) is 571 Å². The van der Waals surface area contributed by atoms with Crippen LogP contribution in [0.4, 0.5) is 0 Å². The summed E-state index contributed by atoms with van der Waals surface area (Å²) in [5.74, 6) is -15.4.